The van der Waals surface area contributed by atoms with Gasteiger partial charge in [-0.05, 0) is 36.7 Å². The normalized spacial score (nSPS) is 11.3. The molecule has 0 radical (unpaired) electrons. The highest BCUT2D eigenvalue weighted by Gasteiger charge is 2.14. The number of aromatic nitrogens is 2. The highest BCUT2D eigenvalue weighted by Crippen LogP contribution is 2.27. The molecule has 21 heavy (non-hydrogen) atoms. The van der Waals surface area contributed by atoms with E-state index in [1.807, 2.05) is 6.08 Å². The van der Waals surface area contributed by atoms with Gasteiger partial charge in [0.25, 0.3) is 5.69 Å². The van der Waals surface area contributed by atoms with Crippen LogP contribution in [-0.2, 0) is 0 Å². The zero-order valence-corrected chi connectivity index (χ0v) is 12.4. The first-order chi connectivity index (χ1) is 10.2. The maximum atomic E-state index is 11.0. The van der Waals surface area contributed by atoms with Gasteiger partial charge in [0.2, 0.25) is 0 Å². The van der Waals surface area contributed by atoms with E-state index in [0.29, 0.717) is 5.52 Å². The molecule has 0 bridgehead atoms. The number of H-pyrrole nitrogens is 1. The lowest BCUT2D eigenvalue weighted by molar-refractivity contribution is -0.383. The summed E-state index contributed by atoms with van der Waals surface area (Å²) < 4.78 is 0. The topological polar surface area (TPSA) is 75.1 Å². The van der Waals surface area contributed by atoms with Crippen molar-refractivity contribution in [1.82, 2.24) is 15.1 Å². The molecular weight excluding hydrogens is 268 g/mol. The summed E-state index contributed by atoms with van der Waals surface area (Å²) in [4.78, 5) is 12.9. The monoisotopic (exact) mass is 288 g/mol. The molecule has 0 aliphatic rings. The Morgan fingerprint density at radius 2 is 2.05 bits per heavy atom. The van der Waals surface area contributed by atoms with Gasteiger partial charge in [0, 0.05) is 24.5 Å². The average Bonchev–Trinajstić information content (AvgIpc) is 2.94. The van der Waals surface area contributed by atoms with Crippen molar-refractivity contribution in [1.29, 1.82) is 0 Å². The molecule has 1 aromatic carbocycles. The highest BCUT2D eigenvalue weighted by atomic mass is 16.6. The SMILES string of the molecule is CCCN(C=Cc1ccc([N+](=O)[O-])c2[nH]ncc12)CCC. The Hall–Kier alpha value is -2.37. The molecule has 1 aromatic heterocycles. The number of hydrogen-bond donors (Lipinski definition) is 1. The van der Waals surface area contributed by atoms with Crippen molar-refractivity contribution in [2.75, 3.05) is 13.1 Å². The van der Waals surface area contributed by atoms with E-state index >= 15 is 0 Å². The number of fused-ring (bicyclic) bond motifs is 1. The van der Waals surface area contributed by atoms with Crippen LogP contribution in [0.15, 0.2) is 24.5 Å². The molecule has 1 heterocycles. The van der Waals surface area contributed by atoms with Crippen molar-refractivity contribution >= 4 is 22.7 Å². The lowest BCUT2D eigenvalue weighted by Gasteiger charge is -2.18. The Bertz CT molecular complexity index is 642. The smallest absolute Gasteiger partial charge is 0.294 e. The van der Waals surface area contributed by atoms with E-state index in [-0.39, 0.29) is 5.69 Å². The lowest BCUT2D eigenvalue weighted by atomic mass is 10.1. The molecule has 0 saturated carbocycles. The van der Waals surface area contributed by atoms with Gasteiger partial charge in [0.05, 0.1) is 11.1 Å². The van der Waals surface area contributed by atoms with Crippen LogP contribution in [0.3, 0.4) is 0 Å². The Morgan fingerprint density at radius 3 is 2.67 bits per heavy atom. The third-order valence-corrected chi connectivity index (χ3v) is 3.31. The molecule has 2 aromatic rings. The van der Waals surface area contributed by atoms with Gasteiger partial charge in [-0.1, -0.05) is 13.8 Å². The van der Waals surface area contributed by atoms with Crippen LogP contribution in [0.4, 0.5) is 5.69 Å². The van der Waals surface area contributed by atoms with E-state index in [2.05, 4.69) is 35.1 Å². The second kappa shape index (κ2) is 6.88. The fraction of sp³-hybridized carbons (Fsp3) is 0.400. The van der Waals surface area contributed by atoms with Gasteiger partial charge >= 0.3 is 0 Å². The molecule has 0 amide bonds. The summed E-state index contributed by atoms with van der Waals surface area (Å²) in [6.45, 7) is 6.31. The van der Waals surface area contributed by atoms with E-state index in [1.54, 1.807) is 12.3 Å². The number of hydrogen-bond acceptors (Lipinski definition) is 4. The van der Waals surface area contributed by atoms with E-state index in [9.17, 15) is 10.1 Å². The van der Waals surface area contributed by atoms with Crippen LogP contribution in [0, 0.1) is 10.1 Å². The maximum absolute atomic E-state index is 11.0. The standard InChI is InChI=1S/C15H20N4O2/c1-3-8-18(9-4-2)10-7-12-5-6-14(19(20)21)15-13(12)11-16-17-15/h5-7,10-11H,3-4,8-9H2,1-2H3,(H,16,17). The van der Waals surface area contributed by atoms with Crippen molar-refractivity contribution in [3.8, 4) is 0 Å². The lowest BCUT2D eigenvalue weighted by Crippen LogP contribution is -2.18. The van der Waals surface area contributed by atoms with Crippen LogP contribution in [0.25, 0.3) is 17.0 Å². The second-order valence-electron chi connectivity index (χ2n) is 4.94. The minimum Gasteiger partial charge on any atom is -0.377 e. The predicted octanol–water partition coefficient (Wildman–Crippen LogP) is 3.56. The molecule has 0 atom stereocenters. The summed E-state index contributed by atoms with van der Waals surface area (Å²) in [5.41, 5.74) is 1.46. The molecule has 112 valence electrons. The van der Waals surface area contributed by atoms with Gasteiger partial charge in [-0.3, -0.25) is 15.2 Å². The van der Waals surface area contributed by atoms with Gasteiger partial charge in [-0.15, -0.1) is 0 Å². The molecule has 6 heteroatoms. The molecule has 2 rings (SSSR count). The number of rotatable bonds is 7. The third-order valence-electron chi connectivity index (χ3n) is 3.31. The van der Waals surface area contributed by atoms with Crippen LogP contribution in [0.1, 0.15) is 32.3 Å². The van der Waals surface area contributed by atoms with Crippen molar-refractivity contribution in [3.05, 3.63) is 40.2 Å². The summed E-state index contributed by atoms with van der Waals surface area (Å²) in [5, 5.41) is 18.4. The molecule has 0 saturated heterocycles. The van der Waals surface area contributed by atoms with Gasteiger partial charge in [0.15, 0.2) is 0 Å². The van der Waals surface area contributed by atoms with E-state index in [0.717, 1.165) is 36.9 Å². The largest absolute Gasteiger partial charge is 0.377 e. The molecule has 0 aliphatic carbocycles. The third kappa shape index (κ3) is 3.39. The first-order valence-electron chi connectivity index (χ1n) is 7.20. The highest BCUT2D eigenvalue weighted by molar-refractivity contribution is 5.93. The fourth-order valence-electron chi connectivity index (χ4n) is 2.36. The van der Waals surface area contributed by atoms with Crippen LogP contribution >= 0.6 is 0 Å². The van der Waals surface area contributed by atoms with Crippen LogP contribution < -0.4 is 0 Å². The molecule has 0 unspecified atom stereocenters. The summed E-state index contributed by atoms with van der Waals surface area (Å²) >= 11 is 0. The minimum absolute atomic E-state index is 0.0543. The Balaban J connectivity index is 2.32. The van der Waals surface area contributed by atoms with Gasteiger partial charge < -0.3 is 4.90 Å². The molecular formula is C15H20N4O2. The summed E-state index contributed by atoms with van der Waals surface area (Å²) in [6.07, 6.45) is 7.86. The Morgan fingerprint density at radius 1 is 1.33 bits per heavy atom. The molecule has 0 fully saturated rings. The number of benzene rings is 1. The number of nitro groups is 1. The van der Waals surface area contributed by atoms with E-state index in [1.165, 1.54) is 6.07 Å². The molecule has 6 nitrogen and oxygen atoms in total. The number of aromatic amines is 1. The fourth-order valence-corrected chi connectivity index (χ4v) is 2.36. The van der Waals surface area contributed by atoms with E-state index < -0.39 is 4.92 Å². The van der Waals surface area contributed by atoms with E-state index in [4.69, 9.17) is 0 Å². The average molecular weight is 288 g/mol. The second-order valence-corrected chi connectivity index (χ2v) is 4.94. The minimum atomic E-state index is -0.394. The Kier molecular flexibility index (Phi) is 4.92. The maximum Gasteiger partial charge on any atom is 0.294 e. The van der Waals surface area contributed by atoms with Gasteiger partial charge in [-0.2, -0.15) is 5.10 Å². The molecule has 0 spiro atoms. The summed E-state index contributed by atoms with van der Waals surface area (Å²) in [7, 11) is 0. The molecule has 1 N–H and O–H groups in total. The summed E-state index contributed by atoms with van der Waals surface area (Å²) in [6, 6.07) is 3.28. The predicted molar refractivity (Wildman–Crippen MR) is 83.9 cm³/mol. The zero-order valence-electron chi connectivity index (χ0n) is 12.4. The number of nitrogens with one attached hydrogen (secondary N) is 1. The number of non-ortho nitro benzene ring substituents is 1. The summed E-state index contributed by atoms with van der Waals surface area (Å²) in [5.74, 6) is 0. The van der Waals surface area contributed by atoms with Crippen LogP contribution in [0.2, 0.25) is 0 Å². The first-order valence-corrected chi connectivity index (χ1v) is 7.20. The Labute approximate surface area is 123 Å². The van der Waals surface area contributed by atoms with Crippen LogP contribution in [0.5, 0.6) is 0 Å². The van der Waals surface area contributed by atoms with Crippen LogP contribution in [-0.4, -0.2) is 33.1 Å². The van der Waals surface area contributed by atoms with Crippen molar-refractivity contribution < 1.29 is 4.92 Å². The molecule has 0 aliphatic heterocycles. The number of nitro benzene ring substituents is 1. The number of nitrogens with zero attached hydrogens (tertiary/aromatic N) is 3. The van der Waals surface area contributed by atoms with Gasteiger partial charge in [0.1, 0.15) is 5.52 Å². The van der Waals surface area contributed by atoms with Crippen molar-refractivity contribution in [3.63, 3.8) is 0 Å². The first kappa shape index (κ1) is 15.0. The quantitative estimate of drug-likeness (QED) is 0.624. The zero-order chi connectivity index (χ0) is 15.2. The van der Waals surface area contributed by atoms with Gasteiger partial charge in [-0.25, -0.2) is 0 Å². The van der Waals surface area contributed by atoms with Crippen molar-refractivity contribution in [2.45, 2.75) is 26.7 Å². The van der Waals surface area contributed by atoms with Crippen molar-refractivity contribution in [2.24, 2.45) is 0 Å².